The topological polar surface area (TPSA) is 76.1 Å². The molecule has 1 aromatic rings. The monoisotopic (exact) mass is 286 g/mol. The molecule has 0 aliphatic heterocycles. The van der Waals surface area contributed by atoms with Crippen LogP contribution < -0.4 is 5.32 Å². The van der Waals surface area contributed by atoms with Crippen LogP contribution >= 0.6 is 0 Å². The Bertz CT molecular complexity index is 653. The van der Waals surface area contributed by atoms with E-state index in [1.165, 1.54) is 0 Å². The third-order valence-corrected chi connectivity index (χ3v) is 5.87. The molecule has 2 bridgehead atoms. The second kappa shape index (κ2) is 4.00. The van der Waals surface area contributed by atoms with Crippen LogP contribution in [0, 0.1) is 16.2 Å². The lowest BCUT2D eigenvalue weighted by molar-refractivity contribution is -0.147. The van der Waals surface area contributed by atoms with Crippen LogP contribution in [0.25, 0.3) is 0 Å². The highest BCUT2D eigenvalue weighted by Crippen LogP contribution is 2.69. The predicted octanol–water partition coefficient (Wildman–Crippen LogP) is 1.98. The van der Waals surface area contributed by atoms with E-state index < -0.39 is 27.8 Å². The number of hydrogen-bond donors (Lipinski definition) is 1. The minimum absolute atomic E-state index is 0.377. The molecule has 1 N–H and O–H groups in total. The van der Waals surface area contributed by atoms with Gasteiger partial charge in [0.2, 0.25) is 17.5 Å². The minimum atomic E-state index is -1.25. The van der Waals surface area contributed by atoms with E-state index in [1.54, 1.807) is 24.5 Å². The smallest absolute Gasteiger partial charge is 0.239 e. The van der Waals surface area contributed by atoms with Crippen molar-refractivity contribution in [1.82, 2.24) is 4.98 Å². The van der Waals surface area contributed by atoms with E-state index in [9.17, 15) is 14.4 Å². The molecule has 2 atom stereocenters. The van der Waals surface area contributed by atoms with Crippen LogP contribution in [0.1, 0.15) is 33.6 Å². The summed E-state index contributed by atoms with van der Waals surface area (Å²) in [6.07, 6.45) is 4.14. The lowest BCUT2D eigenvalue weighted by Gasteiger charge is -2.37. The van der Waals surface area contributed by atoms with Gasteiger partial charge in [0.15, 0.2) is 0 Å². The van der Waals surface area contributed by atoms with Crippen LogP contribution in [0.15, 0.2) is 24.5 Å². The Morgan fingerprint density at radius 1 is 1.10 bits per heavy atom. The fraction of sp³-hybridized carbons (Fsp3) is 0.500. The SMILES string of the molecule is CC1(C)[C@@]2(C(=O)Nc3ccncc3)CC[C@@]1(C)C(=O)C2=O. The minimum Gasteiger partial charge on any atom is -0.325 e. The van der Waals surface area contributed by atoms with Crippen LogP contribution in [0.3, 0.4) is 0 Å². The van der Waals surface area contributed by atoms with Gasteiger partial charge in [-0.05, 0) is 30.4 Å². The largest absolute Gasteiger partial charge is 0.325 e. The van der Waals surface area contributed by atoms with Gasteiger partial charge in [-0.1, -0.05) is 20.8 Å². The van der Waals surface area contributed by atoms with Gasteiger partial charge in [0, 0.05) is 23.5 Å². The van der Waals surface area contributed by atoms with Gasteiger partial charge < -0.3 is 5.32 Å². The average Bonchev–Trinajstić information content (AvgIpc) is 2.72. The quantitative estimate of drug-likeness (QED) is 0.666. The van der Waals surface area contributed by atoms with Crippen LogP contribution in [0.5, 0.6) is 0 Å². The third-order valence-electron chi connectivity index (χ3n) is 5.87. The molecule has 110 valence electrons. The maximum atomic E-state index is 12.8. The number of aromatic nitrogens is 1. The Hall–Kier alpha value is -2.04. The number of amides is 1. The van der Waals surface area contributed by atoms with E-state index >= 15 is 0 Å². The fourth-order valence-electron chi connectivity index (χ4n) is 3.95. The van der Waals surface area contributed by atoms with Crippen molar-refractivity contribution in [3.05, 3.63) is 24.5 Å². The van der Waals surface area contributed by atoms with Crippen molar-refractivity contribution in [2.75, 3.05) is 5.32 Å². The summed E-state index contributed by atoms with van der Waals surface area (Å²) in [7, 11) is 0. The molecule has 0 spiro atoms. The zero-order chi connectivity index (χ0) is 15.5. The van der Waals surface area contributed by atoms with E-state index in [0.29, 0.717) is 18.5 Å². The molecule has 2 fully saturated rings. The van der Waals surface area contributed by atoms with E-state index in [0.717, 1.165) is 0 Å². The van der Waals surface area contributed by atoms with Gasteiger partial charge in [-0.2, -0.15) is 0 Å². The Labute approximate surface area is 123 Å². The highest BCUT2D eigenvalue weighted by Gasteiger charge is 2.77. The van der Waals surface area contributed by atoms with Crippen LogP contribution in [0.2, 0.25) is 0 Å². The van der Waals surface area contributed by atoms with Crippen molar-refractivity contribution in [3.8, 4) is 0 Å². The molecule has 0 saturated heterocycles. The molecule has 5 heteroatoms. The van der Waals surface area contributed by atoms with Crippen molar-refractivity contribution in [2.24, 2.45) is 16.2 Å². The van der Waals surface area contributed by atoms with E-state index in [1.807, 2.05) is 20.8 Å². The number of fused-ring (bicyclic) bond motifs is 2. The van der Waals surface area contributed by atoms with Gasteiger partial charge in [0.05, 0.1) is 0 Å². The fourth-order valence-corrected chi connectivity index (χ4v) is 3.95. The average molecular weight is 286 g/mol. The number of anilines is 1. The number of pyridine rings is 1. The number of Topliss-reactive ketones (excluding diaryl/α,β-unsaturated/α-hetero) is 2. The molecule has 0 unspecified atom stereocenters. The normalized spacial score (nSPS) is 33.3. The van der Waals surface area contributed by atoms with Gasteiger partial charge in [-0.25, -0.2) is 0 Å². The zero-order valence-corrected chi connectivity index (χ0v) is 12.4. The van der Waals surface area contributed by atoms with Crippen LogP contribution in [0.4, 0.5) is 5.69 Å². The van der Waals surface area contributed by atoms with Crippen molar-refractivity contribution >= 4 is 23.2 Å². The summed E-state index contributed by atoms with van der Waals surface area (Å²) in [4.78, 5) is 41.5. The van der Waals surface area contributed by atoms with Gasteiger partial charge >= 0.3 is 0 Å². The molecule has 2 aliphatic carbocycles. The molecule has 2 saturated carbocycles. The van der Waals surface area contributed by atoms with E-state index in [4.69, 9.17) is 0 Å². The van der Waals surface area contributed by atoms with Crippen molar-refractivity contribution < 1.29 is 14.4 Å². The summed E-state index contributed by atoms with van der Waals surface area (Å²) < 4.78 is 0. The number of carbonyl (C=O) groups is 3. The summed E-state index contributed by atoms with van der Waals surface area (Å²) in [6.45, 7) is 5.52. The van der Waals surface area contributed by atoms with Crippen molar-refractivity contribution in [2.45, 2.75) is 33.6 Å². The Morgan fingerprint density at radius 2 is 1.71 bits per heavy atom. The number of ketones is 2. The maximum absolute atomic E-state index is 12.8. The molecule has 5 nitrogen and oxygen atoms in total. The second-order valence-corrected chi connectivity index (χ2v) is 6.71. The number of rotatable bonds is 2. The predicted molar refractivity (Wildman–Crippen MR) is 76.4 cm³/mol. The Morgan fingerprint density at radius 3 is 2.24 bits per heavy atom. The maximum Gasteiger partial charge on any atom is 0.239 e. The van der Waals surface area contributed by atoms with Crippen molar-refractivity contribution in [3.63, 3.8) is 0 Å². The Kier molecular flexibility index (Phi) is 2.65. The number of hydrogen-bond acceptors (Lipinski definition) is 4. The summed E-state index contributed by atoms with van der Waals surface area (Å²) in [5.74, 6) is -1.31. The van der Waals surface area contributed by atoms with E-state index in [-0.39, 0.29) is 5.91 Å². The zero-order valence-electron chi connectivity index (χ0n) is 12.4. The highest BCUT2D eigenvalue weighted by molar-refractivity contribution is 6.49. The van der Waals surface area contributed by atoms with Gasteiger partial charge in [-0.3, -0.25) is 19.4 Å². The summed E-state index contributed by atoms with van der Waals surface area (Å²) in [5.41, 5.74) is -2.08. The first-order valence-corrected chi connectivity index (χ1v) is 7.08. The standard InChI is InChI=1S/C16H18N2O3/c1-14(2)15(3)6-7-16(14,12(20)11(15)19)13(21)18-10-4-8-17-9-5-10/h4-5,8-9H,6-7H2,1-3H3,(H,17,18,21)/t15-,16-/m0/s1. The molecule has 0 radical (unpaired) electrons. The molecule has 1 aromatic heterocycles. The van der Waals surface area contributed by atoms with Crippen LogP contribution in [-0.4, -0.2) is 22.5 Å². The number of nitrogens with zero attached hydrogens (tertiary/aromatic N) is 1. The molecule has 1 amide bonds. The van der Waals surface area contributed by atoms with E-state index in [2.05, 4.69) is 10.3 Å². The van der Waals surface area contributed by atoms with Crippen LogP contribution in [-0.2, 0) is 14.4 Å². The van der Waals surface area contributed by atoms with Gasteiger partial charge in [-0.15, -0.1) is 0 Å². The summed E-state index contributed by atoms with van der Waals surface area (Å²) in [5, 5.41) is 2.77. The molecule has 3 rings (SSSR count). The van der Waals surface area contributed by atoms with Gasteiger partial charge in [0.25, 0.3) is 0 Å². The highest BCUT2D eigenvalue weighted by atomic mass is 16.2. The summed E-state index contributed by atoms with van der Waals surface area (Å²) in [6, 6.07) is 3.33. The summed E-state index contributed by atoms with van der Waals surface area (Å²) >= 11 is 0. The lowest BCUT2D eigenvalue weighted by Crippen LogP contribution is -2.47. The van der Waals surface area contributed by atoms with Gasteiger partial charge in [0.1, 0.15) is 5.41 Å². The first-order valence-electron chi connectivity index (χ1n) is 7.08. The third kappa shape index (κ3) is 1.41. The first kappa shape index (κ1) is 13.9. The molecular weight excluding hydrogens is 268 g/mol. The number of carbonyl (C=O) groups excluding carboxylic acids is 3. The molecule has 2 aliphatic rings. The lowest BCUT2D eigenvalue weighted by atomic mass is 9.64. The Balaban J connectivity index is 2.02. The molecular formula is C16H18N2O3. The number of nitrogens with one attached hydrogen (secondary N) is 1. The molecule has 1 heterocycles. The molecule has 0 aromatic carbocycles. The molecule has 21 heavy (non-hydrogen) atoms. The second-order valence-electron chi connectivity index (χ2n) is 6.71. The van der Waals surface area contributed by atoms with Crippen molar-refractivity contribution in [1.29, 1.82) is 0 Å². The first-order chi connectivity index (χ1) is 9.77.